The summed E-state index contributed by atoms with van der Waals surface area (Å²) in [5.74, 6) is 0.140. The van der Waals surface area contributed by atoms with Crippen molar-refractivity contribution < 1.29 is 14.6 Å². The second-order valence-electron chi connectivity index (χ2n) is 10.8. The highest BCUT2D eigenvalue weighted by Crippen LogP contribution is 2.40. The molecule has 1 saturated heterocycles. The molecule has 2 fully saturated rings. The molecule has 1 saturated carbocycles. The van der Waals surface area contributed by atoms with Crippen molar-refractivity contribution in [2.24, 2.45) is 11.7 Å². The van der Waals surface area contributed by atoms with Crippen molar-refractivity contribution in [1.29, 1.82) is 5.41 Å². The van der Waals surface area contributed by atoms with Crippen LogP contribution in [0.3, 0.4) is 0 Å². The van der Waals surface area contributed by atoms with Crippen LogP contribution >= 0.6 is 0 Å². The molecule has 2 heterocycles. The molecule has 5 rings (SSSR count). The molecule has 0 radical (unpaired) electrons. The second kappa shape index (κ2) is 9.05. The first kappa shape index (κ1) is 24.5. The van der Waals surface area contributed by atoms with Gasteiger partial charge in [-0.05, 0) is 75.8 Å². The molecular weight excluding hydrogens is 452 g/mol. The molecule has 190 valence electrons. The van der Waals surface area contributed by atoms with Gasteiger partial charge in [0.25, 0.3) is 5.91 Å². The molecule has 0 unspecified atom stereocenters. The number of nitrogens with one attached hydrogen (secondary N) is 1. The van der Waals surface area contributed by atoms with Gasteiger partial charge in [-0.2, -0.15) is 0 Å². The summed E-state index contributed by atoms with van der Waals surface area (Å²) in [6.45, 7) is 11.8. The highest BCUT2D eigenvalue weighted by Gasteiger charge is 2.32. The first-order chi connectivity index (χ1) is 17.1. The van der Waals surface area contributed by atoms with E-state index in [1.165, 1.54) is 18.4 Å². The van der Waals surface area contributed by atoms with Crippen molar-refractivity contribution in [2.75, 3.05) is 26.3 Å². The zero-order chi connectivity index (χ0) is 25.8. The summed E-state index contributed by atoms with van der Waals surface area (Å²) in [6, 6.07) is 10.3. The quantitative estimate of drug-likeness (QED) is 0.314. The maximum atomic E-state index is 12.8. The molecule has 1 amide bonds. The number of hydrogen-bond donors (Lipinski definition) is 3. The Morgan fingerprint density at radius 3 is 2.42 bits per heavy atom. The number of ether oxygens (including phenoxy) is 1. The molecular formula is C29H36N4O3. The van der Waals surface area contributed by atoms with Gasteiger partial charge in [0.05, 0.1) is 30.1 Å². The van der Waals surface area contributed by atoms with Crippen LogP contribution in [-0.2, 0) is 16.8 Å². The maximum absolute atomic E-state index is 12.8. The lowest BCUT2D eigenvalue weighted by atomic mass is 9.90. The van der Waals surface area contributed by atoms with Gasteiger partial charge in [0.2, 0.25) is 0 Å². The summed E-state index contributed by atoms with van der Waals surface area (Å²) in [5, 5.41) is 20.5. The third-order valence-corrected chi connectivity index (χ3v) is 7.90. The molecule has 7 nitrogen and oxygen atoms in total. The van der Waals surface area contributed by atoms with E-state index in [1.54, 1.807) is 19.9 Å². The minimum absolute atomic E-state index is 0.0496. The Hall–Kier alpha value is -3.16. The van der Waals surface area contributed by atoms with Crippen LogP contribution in [0.1, 0.15) is 62.0 Å². The van der Waals surface area contributed by atoms with Gasteiger partial charge in [0.15, 0.2) is 0 Å². The van der Waals surface area contributed by atoms with E-state index in [2.05, 4.69) is 41.5 Å². The van der Waals surface area contributed by atoms with E-state index in [0.29, 0.717) is 22.6 Å². The van der Waals surface area contributed by atoms with Crippen molar-refractivity contribution in [3.05, 3.63) is 52.8 Å². The number of carbonyl (C=O) groups is 1. The number of allylic oxidation sites excluding steroid dienone is 2. The predicted molar refractivity (Wildman–Crippen MR) is 145 cm³/mol. The lowest BCUT2D eigenvalue weighted by Gasteiger charge is -2.41. The van der Waals surface area contributed by atoms with Crippen LogP contribution in [0.2, 0.25) is 0 Å². The van der Waals surface area contributed by atoms with Crippen LogP contribution in [0.15, 0.2) is 36.1 Å². The topological polar surface area (TPSA) is 105 Å². The monoisotopic (exact) mass is 488 g/mol. The molecule has 2 aliphatic rings. The summed E-state index contributed by atoms with van der Waals surface area (Å²) < 4.78 is 7.86. The van der Waals surface area contributed by atoms with E-state index >= 15 is 0 Å². The van der Waals surface area contributed by atoms with Crippen LogP contribution in [0.5, 0.6) is 0 Å². The highest BCUT2D eigenvalue weighted by molar-refractivity contribution is 6.24. The second-order valence-corrected chi connectivity index (χ2v) is 10.8. The largest absolute Gasteiger partial charge is 0.512 e. The molecule has 4 N–H and O–H groups in total. The number of aliphatic hydroxyl groups excluding tert-OH is 1. The van der Waals surface area contributed by atoms with Crippen molar-refractivity contribution in [3.8, 4) is 0 Å². The van der Waals surface area contributed by atoms with E-state index in [1.807, 2.05) is 6.07 Å². The molecule has 1 aliphatic carbocycles. The van der Waals surface area contributed by atoms with Crippen molar-refractivity contribution in [2.45, 2.75) is 52.6 Å². The van der Waals surface area contributed by atoms with Gasteiger partial charge < -0.3 is 25.6 Å². The molecule has 0 atom stereocenters. The zero-order valence-electron chi connectivity index (χ0n) is 21.6. The smallest absolute Gasteiger partial charge is 0.250 e. The normalized spacial score (nSPS) is 18.0. The number of aliphatic hydroxyl groups is 1. The van der Waals surface area contributed by atoms with Gasteiger partial charge in [-0.15, -0.1) is 0 Å². The van der Waals surface area contributed by atoms with Gasteiger partial charge in [-0.1, -0.05) is 12.1 Å². The Labute approximate surface area is 212 Å². The lowest BCUT2D eigenvalue weighted by molar-refractivity contribution is -0.0117. The van der Waals surface area contributed by atoms with Crippen molar-refractivity contribution in [1.82, 2.24) is 9.47 Å². The van der Waals surface area contributed by atoms with Gasteiger partial charge in [-0.25, -0.2) is 0 Å². The van der Waals surface area contributed by atoms with Crippen molar-refractivity contribution in [3.63, 3.8) is 0 Å². The van der Waals surface area contributed by atoms with Crippen LogP contribution in [0.25, 0.3) is 27.4 Å². The number of morpholine rings is 1. The predicted octanol–water partition coefficient (Wildman–Crippen LogP) is 5.20. The molecule has 0 spiro atoms. The van der Waals surface area contributed by atoms with Crippen LogP contribution < -0.4 is 5.73 Å². The standard InChI is InChI=1S/C29H36N4O3/c1-17(30)26(18(2)34)20-13-23-22-8-7-21(29(3,4)32-9-11-36-12-10-32)15-25(22)33(16-19-5-6-19)27(23)24(14-20)28(31)35/h7-8,13-15,19,30,34H,5-6,9-12,16H2,1-4H3,(H2,31,35)/b26-18+,30-17?. The molecule has 7 heteroatoms. The number of aromatic nitrogens is 1. The third kappa shape index (κ3) is 4.20. The Balaban J connectivity index is 1.78. The lowest BCUT2D eigenvalue weighted by Crippen LogP contribution is -2.47. The van der Waals surface area contributed by atoms with Gasteiger partial charge in [-0.3, -0.25) is 9.69 Å². The zero-order valence-corrected chi connectivity index (χ0v) is 21.6. The first-order valence-corrected chi connectivity index (χ1v) is 12.8. The number of rotatable bonds is 7. The summed E-state index contributed by atoms with van der Waals surface area (Å²) in [5.41, 5.74) is 10.6. The minimum atomic E-state index is -0.506. The number of primary amides is 1. The van der Waals surface area contributed by atoms with Crippen LogP contribution in [-0.4, -0.2) is 52.5 Å². The molecule has 3 aromatic rings. The molecule has 36 heavy (non-hydrogen) atoms. The number of benzene rings is 2. The molecule has 0 bridgehead atoms. The molecule has 1 aromatic heterocycles. The highest BCUT2D eigenvalue weighted by atomic mass is 16.5. The SMILES string of the molecule is CC(=N)/C(=C(/C)O)c1cc(C(N)=O)c2c(c1)c1ccc(C(C)(C)N3CCOCC3)cc1n2CC1CC1. The third-order valence-electron chi connectivity index (χ3n) is 7.90. The fourth-order valence-corrected chi connectivity index (χ4v) is 5.70. The Morgan fingerprint density at radius 2 is 1.83 bits per heavy atom. The summed E-state index contributed by atoms with van der Waals surface area (Å²) in [4.78, 5) is 15.2. The number of nitrogens with zero attached hydrogens (tertiary/aromatic N) is 2. The number of nitrogens with two attached hydrogens (primary N) is 1. The number of fused-ring (bicyclic) bond motifs is 3. The average molecular weight is 489 g/mol. The fraction of sp³-hybridized carbons (Fsp3) is 0.448. The van der Waals surface area contributed by atoms with E-state index in [4.69, 9.17) is 15.9 Å². The minimum Gasteiger partial charge on any atom is -0.512 e. The Morgan fingerprint density at radius 1 is 1.14 bits per heavy atom. The Kier molecular flexibility index (Phi) is 6.17. The summed E-state index contributed by atoms with van der Waals surface area (Å²) in [7, 11) is 0. The van der Waals surface area contributed by atoms with Crippen molar-refractivity contribution >= 4 is 39.0 Å². The van der Waals surface area contributed by atoms with Crippen LogP contribution in [0.4, 0.5) is 0 Å². The number of hydrogen-bond acceptors (Lipinski definition) is 5. The van der Waals surface area contributed by atoms with E-state index < -0.39 is 5.91 Å². The first-order valence-electron chi connectivity index (χ1n) is 12.8. The van der Waals surface area contributed by atoms with Gasteiger partial charge in [0.1, 0.15) is 0 Å². The fourth-order valence-electron chi connectivity index (χ4n) is 5.70. The van der Waals surface area contributed by atoms with E-state index in [-0.39, 0.29) is 17.0 Å². The van der Waals surface area contributed by atoms with Crippen LogP contribution in [0, 0.1) is 11.3 Å². The molecule has 1 aliphatic heterocycles. The summed E-state index contributed by atoms with van der Waals surface area (Å²) in [6.07, 6.45) is 2.38. The Bertz CT molecular complexity index is 1400. The van der Waals surface area contributed by atoms with Gasteiger partial charge >= 0.3 is 0 Å². The number of amides is 1. The number of carbonyl (C=O) groups excluding carboxylic acids is 1. The average Bonchev–Trinajstić information content (AvgIpc) is 3.61. The summed E-state index contributed by atoms with van der Waals surface area (Å²) >= 11 is 0. The molecule has 2 aromatic carbocycles. The van der Waals surface area contributed by atoms with E-state index in [0.717, 1.165) is 54.7 Å². The maximum Gasteiger partial charge on any atom is 0.250 e. The van der Waals surface area contributed by atoms with Gasteiger partial charge in [0, 0.05) is 52.7 Å². The van der Waals surface area contributed by atoms with E-state index in [9.17, 15) is 9.90 Å².